The molecule has 1 aliphatic rings. The summed E-state index contributed by atoms with van der Waals surface area (Å²) in [4.78, 5) is 8.01. The Balaban J connectivity index is 0.00000225. The van der Waals surface area contributed by atoms with Crippen LogP contribution in [0.3, 0.4) is 0 Å². The molecule has 3 aromatic rings. The average molecular weight is 423 g/mol. The highest BCUT2D eigenvalue weighted by Gasteiger charge is 2.32. The average Bonchev–Trinajstić information content (AvgIpc) is 3.38. The van der Waals surface area contributed by atoms with Crippen molar-refractivity contribution in [1.29, 1.82) is 0 Å². The molecule has 0 spiro atoms. The lowest BCUT2D eigenvalue weighted by Gasteiger charge is -2.36. The zero-order chi connectivity index (χ0) is 18.8. The first-order valence-corrected chi connectivity index (χ1v) is 9.65. The summed E-state index contributed by atoms with van der Waals surface area (Å²) in [6, 6.07) is 8.52. The topological polar surface area (TPSA) is 86.6 Å². The van der Waals surface area contributed by atoms with Crippen molar-refractivity contribution >= 4 is 23.7 Å². The first kappa shape index (κ1) is 20.6. The number of hydrogen-bond donors (Lipinski definition) is 1. The van der Waals surface area contributed by atoms with E-state index in [4.69, 9.17) is 19.7 Å². The van der Waals surface area contributed by atoms with E-state index in [1.54, 1.807) is 25.6 Å². The fourth-order valence-corrected chi connectivity index (χ4v) is 4.44. The van der Waals surface area contributed by atoms with Crippen LogP contribution in [0.2, 0.25) is 0 Å². The lowest BCUT2D eigenvalue weighted by atomic mass is 9.91. The highest BCUT2D eigenvalue weighted by Crippen LogP contribution is 2.42. The molecule has 2 aromatic heterocycles. The van der Waals surface area contributed by atoms with Gasteiger partial charge in [0, 0.05) is 11.4 Å². The van der Waals surface area contributed by atoms with E-state index in [1.165, 1.54) is 16.0 Å². The van der Waals surface area contributed by atoms with Gasteiger partial charge in [-0.2, -0.15) is 4.98 Å². The largest absolute Gasteiger partial charge is 0.493 e. The van der Waals surface area contributed by atoms with E-state index in [2.05, 4.69) is 44.7 Å². The molecule has 0 amide bonds. The van der Waals surface area contributed by atoms with E-state index in [-0.39, 0.29) is 25.0 Å². The Hall–Kier alpha value is -2.13. The number of thiophene rings is 1. The van der Waals surface area contributed by atoms with Crippen molar-refractivity contribution in [3.05, 3.63) is 57.4 Å². The van der Waals surface area contributed by atoms with Crippen LogP contribution in [-0.2, 0) is 19.5 Å². The smallest absolute Gasteiger partial charge is 0.240 e. The van der Waals surface area contributed by atoms with E-state index in [0.717, 1.165) is 24.5 Å². The van der Waals surface area contributed by atoms with Crippen LogP contribution < -0.4 is 15.2 Å². The molecule has 1 unspecified atom stereocenters. The molecular formula is C19H23ClN4O3S. The fraction of sp³-hybridized carbons (Fsp3) is 0.368. The lowest BCUT2D eigenvalue weighted by Crippen LogP contribution is -2.35. The molecule has 7 nitrogen and oxygen atoms in total. The van der Waals surface area contributed by atoms with Gasteiger partial charge in [0.25, 0.3) is 0 Å². The molecule has 4 rings (SSSR count). The van der Waals surface area contributed by atoms with Gasteiger partial charge in [-0.1, -0.05) is 11.2 Å². The molecular weight excluding hydrogens is 400 g/mol. The number of hydrogen-bond acceptors (Lipinski definition) is 8. The molecule has 0 saturated heterocycles. The number of benzene rings is 1. The molecule has 0 fully saturated rings. The second-order valence-electron chi connectivity index (χ2n) is 6.35. The number of nitrogens with zero attached hydrogens (tertiary/aromatic N) is 3. The molecule has 0 radical (unpaired) electrons. The van der Waals surface area contributed by atoms with Crippen LogP contribution in [0, 0.1) is 0 Å². The van der Waals surface area contributed by atoms with E-state index in [1.807, 2.05) is 0 Å². The van der Waals surface area contributed by atoms with Gasteiger partial charge in [0.1, 0.15) is 0 Å². The van der Waals surface area contributed by atoms with Gasteiger partial charge in [-0.15, -0.1) is 23.7 Å². The Morgan fingerprint density at radius 3 is 2.71 bits per heavy atom. The third-order valence-corrected chi connectivity index (χ3v) is 5.74. The number of halogens is 1. The molecule has 1 aliphatic heterocycles. The molecule has 150 valence electrons. The van der Waals surface area contributed by atoms with Gasteiger partial charge in [0.05, 0.1) is 33.4 Å². The molecule has 0 saturated carbocycles. The van der Waals surface area contributed by atoms with E-state index in [0.29, 0.717) is 18.3 Å². The van der Waals surface area contributed by atoms with Gasteiger partial charge < -0.3 is 19.7 Å². The number of rotatable bonds is 6. The Labute approximate surface area is 173 Å². The van der Waals surface area contributed by atoms with Crippen molar-refractivity contribution in [1.82, 2.24) is 15.0 Å². The first-order valence-electron chi connectivity index (χ1n) is 8.77. The van der Waals surface area contributed by atoms with Crippen LogP contribution in [0.5, 0.6) is 11.5 Å². The minimum atomic E-state index is 0. The van der Waals surface area contributed by atoms with Gasteiger partial charge in [-0.05, 0) is 41.1 Å². The number of nitrogens with two attached hydrogens (primary N) is 1. The van der Waals surface area contributed by atoms with Crippen LogP contribution in [0.15, 0.2) is 34.2 Å². The van der Waals surface area contributed by atoms with Gasteiger partial charge in [0.2, 0.25) is 5.89 Å². The highest BCUT2D eigenvalue weighted by atomic mass is 35.5. The summed E-state index contributed by atoms with van der Waals surface area (Å²) in [6.45, 7) is 1.73. The van der Waals surface area contributed by atoms with Crippen molar-refractivity contribution in [2.24, 2.45) is 5.73 Å². The van der Waals surface area contributed by atoms with Gasteiger partial charge in [0.15, 0.2) is 17.3 Å². The van der Waals surface area contributed by atoms with Gasteiger partial charge >= 0.3 is 0 Å². The number of aromatic nitrogens is 2. The molecule has 1 atom stereocenters. The molecule has 3 heterocycles. The van der Waals surface area contributed by atoms with Crippen molar-refractivity contribution in [3.8, 4) is 11.5 Å². The number of ether oxygens (including phenoxy) is 2. The van der Waals surface area contributed by atoms with Crippen molar-refractivity contribution < 1.29 is 14.0 Å². The molecule has 1 aromatic carbocycles. The van der Waals surface area contributed by atoms with Crippen LogP contribution >= 0.6 is 23.7 Å². The van der Waals surface area contributed by atoms with E-state index < -0.39 is 0 Å². The second-order valence-corrected chi connectivity index (χ2v) is 7.33. The van der Waals surface area contributed by atoms with Crippen LogP contribution in [0.4, 0.5) is 0 Å². The summed E-state index contributed by atoms with van der Waals surface area (Å²) in [5.74, 6) is 2.62. The maximum Gasteiger partial charge on any atom is 0.240 e. The van der Waals surface area contributed by atoms with Crippen molar-refractivity contribution in [3.63, 3.8) is 0 Å². The third kappa shape index (κ3) is 3.86. The Bertz CT molecular complexity index is 916. The van der Waals surface area contributed by atoms with Crippen molar-refractivity contribution in [2.75, 3.05) is 20.8 Å². The molecule has 0 aliphatic carbocycles. The zero-order valence-electron chi connectivity index (χ0n) is 15.8. The SMILES string of the molecule is COc1cc2c(cc1OC)C(c1cccs1)N(Cc1noc(CN)n1)CC2.Cl. The highest BCUT2D eigenvalue weighted by molar-refractivity contribution is 7.10. The summed E-state index contributed by atoms with van der Waals surface area (Å²) in [5.41, 5.74) is 8.09. The Kier molecular flexibility index (Phi) is 6.56. The Morgan fingerprint density at radius 1 is 1.29 bits per heavy atom. The fourth-order valence-electron chi connectivity index (χ4n) is 3.57. The maximum atomic E-state index is 5.59. The Morgan fingerprint density at radius 2 is 2.07 bits per heavy atom. The first-order chi connectivity index (χ1) is 13.2. The summed E-state index contributed by atoms with van der Waals surface area (Å²) >= 11 is 1.74. The monoisotopic (exact) mass is 422 g/mol. The second kappa shape index (κ2) is 8.91. The quantitative estimate of drug-likeness (QED) is 0.652. The predicted molar refractivity (Wildman–Crippen MR) is 109 cm³/mol. The molecule has 28 heavy (non-hydrogen) atoms. The van der Waals surface area contributed by atoms with Crippen LogP contribution in [-0.4, -0.2) is 35.8 Å². The van der Waals surface area contributed by atoms with Crippen LogP contribution in [0.25, 0.3) is 0 Å². The van der Waals surface area contributed by atoms with Crippen LogP contribution in [0.1, 0.15) is 33.8 Å². The summed E-state index contributed by atoms with van der Waals surface area (Å²) in [5, 5.41) is 6.17. The maximum absolute atomic E-state index is 5.59. The summed E-state index contributed by atoms with van der Waals surface area (Å²) in [6.07, 6.45) is 0.916. The van der Waals surface area contributed by atoms with Crippen molar-refractivity contribution in [2.45, 2.75) is 25.6 Å². The minimum Gasteiger partial charge on any atom is -0.493 e. The third-order valence-electron chi connectivity index (χ3n) is 4.82. The minimum absolute atomic E-state index is 0. The zero-order valence-corrected chi connectivity index (χ0v) is 17.4. The summed E-state index contributed by atoms with van der Waals surface area (Å²) in [7, 11) is 3.33. The molecule has 9 heteroatoms. The standard InChI is InChI=1S/C19H22N4O3S.ClH/c1-24-14-8-12-5-6-23(11-17-21-18(10-20)26-22-17)19(16-4-3-7-27-16)13(12)9-15(14)25-2;/h3-4,7-9,19H,5-6,10-11,20H2,1-2H3;1H. The van der Waals surface area contributed by atoms with Gasteiger partial charge in [-0.3, -0.25) is 4.90 Å². The normalized spacial score (nSPS) is 16.3. The lowest BCUT2D eigenvalue weighted by molar-refractivity contribution is 0.198. The van der Waals surface area contributed by atoms with E-state index >= 15 is 0 Å². The molecule has 0 bridgehead atoms. The number of methoxy groups -OCH3 is 2. The number of fused-ring (bicyclic) bond motifs is 1. The van der Waals surface area contributed by atoms with Gasteiger partial charge in [-0.25, -0.2) is 0 Å². The van der Waals surface area contributed by atoms with E-state index in [9.17, 15) is 0 Å². The predicted octanol–water partition coefficient (Wildman–Crippen LogP) is 3.18. The summed E-state index contributed by atoms with van der Waals surface area (Å²) < 4.78 is 16.2. The molecule has 2 N–H and O–H groups in total.